The molecule has 0 aliphatic carbocycles. The van der Waals surface area contributed by atoms with Crippen molar-refractivity contribution in [2.75, 3.05) is 0 Å². The molecular weight excluding hydrogens is 180 g/mol. The Labute approximate surface area is 80.7 Å². The zero-order valence-electron chi connectivity index (χ0n) is 8.40. The molecular formula is C9H12N4O. The molecule has 0 saturated heterocycles. The summed E-state index contributed by atoms with van der Waals surface area (Å²) in [6.07, 6.45) is 1.64. The number of aryl methyl sites for hydroxylation is 1. The fraction of sp³-hybridized carbons (Fsp3) is 0.444. The molecule has 0 atom stereocenters. The highest BCUT2D eigenvalue weighted by Gasteiger charge is 2.12. The van der Waals surface area contributed by atoms with Crippen LogP contribution in [0, 0.1) is 6.92 Å². The van der Waals surface area contributed by atoms with E-state index in [1.54, 1.807) is 6.20 Å². The van der Waals surface area contributed by atoms with Crippen LogP contribution in [0.4, 0.5) is 0 Å². The summed E-state index contributed by atoms with van der Waals surface area (Å²) in [5.74, 6) is 0. The summed E-state index contributed by atoms with van der Waals surface area (Å²) < 4.78 is 1.81. The van der Waals surface area contributed by atoms with Crippen molar-refractivity contribution >= 4 is 10.9 Å². The predicted molar refractivity (Wildman–Crippen MR) is 53.3 cm³/mol. The molecule has 0 aliphatic heterocycles. The molecule has 5 nitrogen and oxygen atoms in total. The maximum Gasteiger partial charge on any atom is 0.275 e. The van der Waals surface area contributed by atoms with E-state index in [0.29, 0.717) is 5.39 Å². The molecule has 14 heavy (non-hydrogen) atoms. The first-order chi connectivity index (χ1) is 6.61. The molecule has 0 aliphatic rings. The Morgan fingerprint density at radius 3 is 2.86 bits per heavy atom. The Morgan fingerprint density at radius 2 is 2.21 bits per heavy atom. The maximum absolute atomic E-state index is 11.5. The van der Waals surface area contributed by atoms with Crippen LogP contribution in [0.2, 0.25) is 0 Å². The van der Waals surface area contributed by atoms with Crippen molar-refractivity contribution in [3.05, 3.63) is 22.2 Å². The van der Waals surface area contributed by atoms with Crippen LogP contribution < -0.4 is 5.56 Å². The Hall–Kier alpha value is -1.65. The Bertz CT molecular complexity index is 523. The average Bonchev–Trinajstić information content (AvgIpc) is 2.45. The second-order valence-electron chi connectivity index (χ2n) is 3.58. The first-order valence-corrected chi connectivity index (χ1v) is 4.53. The minimum Gasteiger partial charge on any atom is -0.267 e. The van der Waals surface area contributed by atoms with Crippen LogP contribution >= 0.6 is 0 Å². The van der Waals surface area contributed by atoms with Gasteiger partial charge >= 0.3 is 0 Å². The third-order valence-electron chi connectivity index (χ3n) is 2.19. The van der Waals surface area contributed by atoms with Crippen molar-refractivity contribution < 1.29 is 0 Å². The van der Waals surface area contributed by atoms with Crippen molar-refractivity contribution in [1.82, 2.24) is 20.0 Å². The number of H-pyrrole nitrogens is 1. The molecule has 0 spiro atoms. The van der Waals surface area contributed by atoms with Gasteiger partial charge in [0.2, 0.25) is 0 Å². The summed E-state index contributed by atoms with van der Waals surface area (Å²) in [6, 6.07) is 0.231. The largest absolute Gasteiger partial charge is 0.275 e. The number of aromatic nitrogens is 4. The van der Waals surface area contributed by atoms with E-state index >= 15 is 0 Å². The molecule has 2 aromatic rings. The highest BCUT2D eigenvalue weighted by molar-refractivity contribution is 5.79. The lowest BCUT2D eigenvalue weighted by atomic mass is 10.3. The van der Waals surface area contributed by atoms with Gasteiger partial charge in [0.05, 0.1) is 22.8 Å². The molecule has 0 bridgehead atoms. The summed E-state index contributed by atoms with van der Waals surface area (Å²) in [5.41, 5.74) is 1.37. The maximum atomic E-state index is 11.5. The van der Waals surface area contributed by atoms with Gasteiger partial charge in [0, 0.05) is 6.04 Å². The van der Waals surface area contributed by atoms with Crippen molar-refractivity contribution in [1.29, 1.82) is 0 Å². The fourth-order valence-corrected chi connectivity index (χ4v) is 1.57. The molecule has 74 valence electrons. The Kier molecular flexibility index (Phi) is 1.87. The molecule has 0 radical (unpaired) electrons. The third-order valence-corrected chi connectivity index (χ3v) is 2.19. The summed E-state index contributed by atoms with van der Waals surface area (Å²) in [4.78, 5) is 11.5. The van der Waals surface area contributed by atoms with Crippen LogP contribution in [0.1, 0.15) is 25.6 Å². The van der Waals surface area contributed by atoms with Gasteiger partial charge in [-0.3, -0.25) is 9.48 Å². The second kappa shape index (κ2) is 2.94. The second-order valence-corrected chi connectivity index (χ2v) is 3.58. The van der Waals surface area contributed by atoms with Crippen molar-refractivity contribution in [2.24, 2.45) is 0 Å². The molecule has 0 saturated carbocycles. The highest BCUT2D eigenvalue weighted by Crippen LogP contribution is 2.16. The third kappa shape index (κ3) is 1.13. The van der Waals surface area contributed by atoms with Gasteiger partial charge in [-0.25, -0.2) is 5.10 Å². The van der Waals surface area contributed by atoms with Gasteiger partial charge in [0.1, 0.15) is 0 Å². The van der Waals surface area contributed by atoms with Gasteiger partial charge < -0.3 is 0 Å². The van der Waals surface area contributed by atoms with Crippen LogP contribution in [-0.4, -0.2) is 20.0 Å². The lowest BCUT2D eigenvalue weighted by Crippen LogP contribution is -2.08. The summed E-state index contributed by atoms with van der Waals surface area (Å²) in [7, 11) is 0. The molecule has 0 aromatic carbocycles. The van der Waals surface area contributed by atoms with Gasteiger partial charge in [-0.15, -0.1) is 0 Å². The summed E-state index contributed by atoms with van der Waals surface area (Å²) >= 11 is 0. The zero-order valence-corrected chi connectivity index (χ0v) is 8.40. The number of hydrogen-bond acceptors (Lipinski definition) is 3. The molecule has 2 heterocycles. The smallest absolute Gasteiger partial charge is 0.267 e. The number of fused-ring (bicyclic) bond motifs is 1. The van der Waals surface area contributed by atoms with Crippen molar-refractivity contribution in [3.8, 4) is 0 Å². The number of nitrogens with zero attached hydrogens (tertiary/aromatic N) is 3. The van der Waals surface area contributed by atoms with E-state index in [2.05, 4.69) is 15.3 Å². The highest BCUT2D eigenvalue weighted by atomic mass is 16.1. The van der Waals surface area contributed by atoms with E-state index in [-0.39, 0.29) is 11.6 Å². The molecule has 0 amide bonds. The molecule has 2 rings (SSSR count). The van der Waals surface area contributed by atoms with E-state index in [4.69, 9.17) is 0 Å². The standard InChI is InChI=1S/C9H12N4O/c1-5(2)13-7-4-10-11-9(14)8(7)6(3)12-13/h4-5H,1-3H3,(H,11,14). The minimum absolute atomic E-state index is 0.174. The molecule has 0 unspecified atom stereocenters. The van der Waals surface area contributed by atoms with E-state index in [9.17, 15) is 4.79 Å². The summed E-state index contributed by atoms with van der Waals surface area (Å²) in [6.45, 7) is 5.87. The van der Waals surface area contributed by atoms with E-state index in [0.717, 1.165) is 11.2 Å². The normalized spacial score (nSPS) is 11.4. The molecule has 0 fully saturated rings. The van der Waals surface area contributed by atoms with Gasteiger partial charge in [0.25, 0.3) is 5.56 Å². The van der Waals surface area contributed by atoms with E-state index in [1.807, 2.05) is 25.5 Å². The number of aromatic amines is 1. The van der Waals surface area contributed by atoms with Crippen LogP contribution in [-0.2, 0) is 0 Å². The predicted octanol–water partition coefficient (Wildman–Crippen LogP) is 1.01. The first kappa shape index (κ1) is 8.93. The lowest BCUT2D eigenvalue weighted by molar-refractivity contribution is 0.546. The monoisotopic (exact) mass is 192 g/mol. The Balaban J connectivity index is 2.91. The van der Waals surface area contributed by atoms with Crippen LogP contribution in [0.3, 0.4) is 0 Å². The minimum atomic E-state index is -0.174. The quantitative estimate of drug-likeness (QED) is 0.733. The fourth-order valence-electron chi connectivity index (χ4n) is 1.57. The lowest BCUT2D eigenvalue weighted by Gasteiger charge is -2.05. The van der Waals surface area contributed by atoms with Crippen molar-refractivity contribution in [3.63, 3.8) is 0 Å². The van der Waals surface area contributed by atoms with Gasteiger partial charge in [-0.05, 0) is 20.8 Å². The first-order valence-electron chi connectivity index (χ1n) is 4.53. The number of nitrogens with one attached hydrogen (secondary N) is 1. The summed E-state index contributed by atoms with van der Waals surface area (Å²) in [5, 5.41) is 11.1. The topological polar surface area (TPSA) is 63.6 Å². The van der Waals surface area contributed by atoms with Crippen LogP contribution in [0.25, 0.3) is 10.9 Å². The molecule has 2 aromatic heterocycles. The van der Waals surface area contributed by atoms with E-state index in [1.165, 1.54) is 0 Å². The zero-order chi connectivity index (χ0) is 10.3. The average molecular weight is 192 g/mol. The van der Waals surface area contributed by atoms with E-state index < -0.39 is 0 Å². The SMILES string of the molecule is Cc1nn(C(C)C)c2cn[nH]c(=O)c12. The molecule has 1 N–H and O–H groups in total. The number of rotatable bonds is 1. The number of hydrogen-bond donors (Lipinski definition) is 1. The van der Waals surface area contributed by atoms with Gasteiger partial charge in [-0.1, -0.05) is 0 Å². The van der Waals surface area contributed by atoms with Crippen molar-refractivity contribution in [2.45, 2.75) is 26.8 Å². The molecule has 5 heteroatoms. The van der Waals surface area contributed by atoms with Crippen LogP contribution in [0.15, 0.2) is 11.0 Å². The van der Waals surface area contributed by atoms with Gasteiger partial charge in [0.15, 0.2) is 0 Å². The van der Waals surface area contributed by atoms with Gasteiger partial charge in [-0.2, -0.15) is 10.2 Å². The Morgan fingerprint density at radius 1 is 1.50 bits per heavy atom. The van der Waals surface area contributed by atoms with Crippen LogP contribution in [0.5, 0.6) is 0 Å².